The normalized spacial score (nSPS) is 12.0. The third-order valence-electron chi connectivity index (χ3n) is 3.84. The average Bonchev–Trinajstić information content (AvgIpc) is 2.90. The van der Waals surface area contributed by atoms with Crippen LogP contribution in [0.25, 0.3) is 11.1 Å². The number of carbonyl (C=O) groups is 1. The number of benzene rings is 2. The standard InChI is InChI=1S/C17H15N3O5/c1-11(12-5-3-2-4-6-12)18-16(21)10-19-14-8-7-13(20(23)24)9-15(14)25-17(19)22/h2-9,11H,10H2,1H3,(H,18,21). The maximum Gasteiger partial charge on any atom is 0.420 e. The Morgan fingerprint density at radius 2 is 2.00 bits per heavy atom. The summed E-state index contributed by atoms with van der Waals surface area (Å²) in [5.41, 5.74) is 1.16. The first-order valence-electron chi connectivity index (χ1n) is 7.58. The molecule has 1 amide bonds. The van der Waals surface area contributed by atoms with Gasteiger partial charge in [0, 0.05) is 6.07 Å². The van der Waals surface area contributed by atoms with Crippen molar-refractivity contribution in [2.24, 2.45) is 0 Å². The van der Waals surface area contributed by atoms with Crippen LogP contribution in [0.15, 0.2) is 57.7 Å². The van der Waals surface area contributed by atoms with Crippen LogP contribution in [-0.4, -0.2) is 15.4 Å². The number of carbonyl (C=O) groups excluding carboxylic acids is 1. The number of nitrogens with zero attached hydrogens (tertiary/aromatic N) is 2. The first-order chi connectivity index (χ1) is 12.0. The highest BCUT2D eigenvalue weighted by Gasteiger charge is 2.17. The predicted octanol–water partition coefficient (Wildman–Crippen LogP) is 2.38. The van der Waals surface area contributed by atoms with E-state index >= 15 is 0 Å². The van der Waals surface area contributed by atoms with Crippen LogP contribution in [0.5, 0.6) is 0 Å². The molecule has 1 unspecified atom stereocenters. The Kier molecular flexibility index (Phi) is 4.34. The molecule has 0 radical (unpaired) electrons. The van der Waals surface area contributed by atoms with E-state index in [0.29, 0.717) is 5.52 Å². The minimum absolute atomic E-state index is 0.0723. The first-order valence-corrected chi connectivity index (χ1v) is 7.58. The predicted molar refractivity (Wildman–Crippen MR) is 90.1 cm³/mol. The summed E-state index contributed by atoms with van der Waals surface area (Å²) in [5, 5.41) is 13.6. The van der Waals surface area contributed by atoms with Crippen LogP contribution >= 0.6 is 0 Å². The fraction of sp³-hybridized carbons (Fsp3) is 0.176. The smallest absolute Gasteiger partial charge is 0.407 e. The molecule has 1 atom stereocenters. The zero-order valence-corrected chi connectivity index (χ0v) is 13.3. The number of aromatic nitrogens is 1. The number of nitro benzene ring substituents is 1. The molecule has 0 bridgehead atoms. The molecule has 3 aromatic rings. The van der Waals surface area contributed by atoms with Crippen molar-refractivity contribution in [3.63, 3.8) is 0 Å². The summed E-state index contributed by atoms with van der Waals surface area (Å²) in [6.45, 7) is 1.60. The molecule has 2 aromatic carbocycles. The molecule has 8 heteroatoms. The molecule has 0 fully saturated rings. The summed E-state index contributed by atoms with van der Waals surface area (Å²) in [4.78, 5) is 34.4. The van der Waals surface area contributed by atoms with Crippen LogP contribution in [0, 0.1) is 10.1 Å². The summed E-state index contributed by atoms with van der Waals surface area (Å²) in [6.07, 6.45) is 0. The van der Waals surface area contributed by atoms with Crippen molar-refractivity contribution in [2.45, 2.75) is 19.5 Å². The molecule has 1 heterocycles. The lowest BCUT2D eigenvalue weighted by atomic mass is 10.1. The Labute approximate surface area is 141 Å². The molecule has 1 N–H and O–H groups in total. The second-order valence-corrected chi connectivity index (χ2v) is 5.56. The number of rotatable bonds is 5. The van der Waals surface area contributed by atoms with Crippen LogP contribution in [0.1, 0.15) is 18.5 Å². The van der Waals surface area contributed by atoms with Gasteiger partial charge in [0.05, 0.1) is 22.5 Å². The lowest BCUT2D eigenvalue weighted by Gasteiger charge is -2.14. The number of amides is 1. The average molecular weight is 341 g/mol. The molecule has 0 aliphatic heterocycles. The van der Waals surface area contributed by atoms with E-state index in [2.05, 4.69) is 5.32 Å². The second-order valence-electron chi connectivity index (χ2n) is 5.56. The molecular weight excluding hydrogens is 326 g/mol. The maximum atomic E-state index is 12.2. The van der Waals surface area contributed by atoms with E-state index < -0.39 is 10.7 Å². The van der Waals surface area contributed by atoms with E-state index in [1.54, 1.807) is 0 Å². The zero-order valence-electron chi connectivity index (χ0n) is 13.3. The van der Waals surface area contributed by atoms with Crippen LogP contribution in [0.4, 0.5) is 5.69 Å². The molecule has 0 saturated carbocycles. The molecule has 0 aliphatic rings. The quantitative estimate of drug-likeness (QED) is 0.566. The Balaban J connectivity index is 1.80. The minimum Gasteiger partial charge on any atom is -0.407 e. The monoisotopic (exact) mass is 341 g/mol. The van der Waals surface area contributed by atoms with E-state index in [-0.39, 0.29) is 29.8 Å². The first kappa shape index (κ1) is 16.4. The lowest BCUT2D eigenvalue weighted by molar-refractivity contribution is -0.384. The fourth-order valence-corrected chi connectivity index (χ4v) is 2.57. The highest BCUT2D eigenvalue weighted by atomic mass is 16.6. The van der Waals surface area contributed by atoms with Crippen LogP contribution in [0.3, 0.4) is 0 Å². The van der Waals surface area contributed by atoms with Crippen molar-refractivity contribution in [1.29, 1.82) is 0 Å². The Morgan fingerprint density at radius 1 is 1.28 bits per heavy atom. The summed E-state index contributed by atoms with van der Waals surface area (Å²) in [5.74, 6) is -1.10. The van der Waals surface area contributed by atoms with Gasteiger partial charge in [-0.1, -0.05) is 30.3 Å². The number of nitrogens with one attached hydrogen (secondary N) is 1. The molecule has 3 rings (SSSR count). The van der Waals surface area contributed by atoms with Crippen molar-refractivity contribution in [2.75, 3.05) is 0 Å². The Morgan fingerprint density at radius 3 is 2.68 bits per heavy atom. The Bertz CT molecular complexity index is 990. The second kappa shape index (κ2) is 6.60. The van der Waals surface area contributed by atoms with Crippen LogP contribution in [0.2, 0.25) is 0 Å². The van der Waals surface area contributed by atoms with Crippen LogP contribution in [-0.2, 0) is 11.3 Å². The third kappa shape index (κ3) is 3.42. The molecule has 0 aliphatic carbocycles. The summed E-state index contributed by atoms with van der Waals surface area (Å²) < 4.78 is 6.15. The van der Waals surface area contributed by atoms with Crippen molar-refractivity contribution in [3.05, 3.63) is 74.8 Å². The molecule has 8 nitrogen and oxygen atoms in total. The van der Waals surface area contributed by atoms with Crippen molar-refractivity contribution < 1.29 is 14.1 Å². The molecule has 0 saturated heterocycles. The zero-order chi connectivity index (χ0) is 18.0. The van der Waals surface area contributed by atoms with Gasteiger partial charge in [0.1, 0.15) is 6.54 Å². The van der Waals surface area contributed by atoms with E-state index in [9.17, 15) is 19.7 Å². The lowest BCUT2D eigenvalue weighted by Crippen LogP contribution is -2.32. The van der Waals surface area contributed by atoms with Gasteiger partial charge >= 0.3 is 5.76 Å². The fourth-order valence-electron chi connectivity index (χ4n) is 2.57. The molecule has 25 heavy (non-hydrogen) atoms. The van der Waals surface area contributed by atoms with Crippen LogP contribution < -0.4 is 11.1 Å². The molecule has 128 valence electrons. The van der Waals surface area contributed by atoms with Gasteiger partial charge < -0.3 is 9.73 Å². The van der Waals surface area contributed by atoms with Gasteiger partial charge in [0.15, 0.2) is 5.58 Å². The Hall–Kier alpha value is -3.42. The number of hydrogen-bond donors (Lipinski definition) is 1. The highest BCUT2D eigenvalue weighted by molar-refractivity contribution is 5.80. The van der Waals surface area contributed by atoms with Gasteiger partial charge in [0.2, 0.25) is 5.91 Å². The summed E-state index contributed by atoms with van der Waals surface area (Å²) in [6, 6.07) is 13.0. The highest BCUT2D eigenvalue weighted by Crippen LogP contribution is 2.20. The van der Waals surface area contributed by atoms with E-state index in [0.717, 1.165) is 16.2 Å². The van der Waals surface area contributed by atoms with Gasteiger partial charge in [-0.25, -0.2) is 4.79 Å². The van der Waals surface area contributed by atoms with E-state index in [1.165, 1.54) is 12.1 Å². The van der Waals surface area contributed by atoms with Gasteiger partial charge in [-0.15, -0.1) is 0 Å². The van der Waals surface area contributed by atoms with Gasteiger partial charge in [0.25, 0.3) is 5.69 Å². The molecular formula is C17H15N3O5. The molecule has 1 aromatic heterocycles. The van der Waals surface area contributed by atoms with Crippen molar-refractivity contribution in [3.8, 4) is 0 Å². The van der Waals surface area contributed by atoms with Gasteiger partial charge in [-0.3, -0.25) is 19.5 Å². The largest absolute Gasteiger partial charge is 0.420 e. The number of fused-ring (bicyclic) bond motifs is 1. The van der Waals surface area contributed by atoms with Crippen molar-refractivity contribution in [1.82, 2.24) is 9.88 Å². The number of nitro groups is 1. The topological polar surface area (TPSA) is 107 Å². The minimum atomic E-state index is -0.738. The number of hydrogen-bond acceptors (Lipinski definition) is 5. The number of non-ortho nitro benzene ring substituents is 1. The summed E-state index contributed by atoms with van der Waals surface area (Å²) >= 11 is 0. The van der Waals surface area contributed by atoms with Gasteiger partial charge in [-0.2, -0.15) is 0 Å². The van der Waals surface area contributed by atoms with E-state index in [1.807, 2.05) is 37.3 Å². The molecule has 0 spiro atoms. The number of oxazole rings is 1. The van der Waals surface area contributed by atoms with E-state index in [4.69, 9.17) is 4.42 Å². The van der Waals surface area contributed by atoms with Gasteiger partial charge in [-0.05, 0) is 18.6 Å². The maximum absolute atomic E-state index is 12.2. The third-order valence-corrected chi connectivity index (χ3v) is 3.84. The van der Waals surface area contributed by atoms with Crippen molar-refractivity contribution >= 4 is 22.7 Å². The summed E-state index contributed by atoms with van der Waals surface area (Å²) in [7, 11) is 0. The SMILES string of the molecule is CC(NC(=O)Cn1c(=O)oc2cc([N+](=O)[O-])ccc21)c1ccccc1.